The summed E-state index contributed by atoms with van der Waals surface area (Å²) >= 11 is 0. The normalized spacial score (nSPS) is 10.5. The van der Waals surface area contributed by atoms with Crippen LogP contribution in [0.2, 0.25) is 0 Å². The van der Waals surface area contributed by atoms with Gasteiger partial charge in [-0.3, -0.25) is 9.59 Å². The number of hydrogen-bond donors (Lipinski definition) is 2. The molecule has 0 aliphatic rings. The van der Waals surface area contributed by atoms with E-state index in [0.29, 0.717) is 16.8 Å². The molecule has 0 radical (unpaired) electrons. The first-order chi connectivity index (χ1) is 10.6. The number of rotatable bonds is 4. The molecule has 0 bridgehead atoms. The number of amides is 2. The number of fused-ring (bicyclic) bond motifs is 1. The van der Waals surface area contributed by atoms with Crippen molar-refractivity contribution in [1.29, 1.82) is 0 Å². The van der Waals surface area contributed by atoms with E-state index < -0.39 is 5.91 Å². The first-order valence-electron chi connectivity index (χ1n) is 6.66. The lowest BCUT2D eigenvalue weighted by Crippen LogP contribution is -2.33. The molecule has 0 unspecified atom stereocenters. The molecule has 0 saturated carbocycles. The van der Waals surface area contributed by atoms with Crippen LogP contribution in [0.25, 0.3) is 22.2 Å². The fourth-order valence-corrected chi connectivity index (χ4v) is 2.15. The Morgan fingerprint density at radius 1 is 1.14 bits per heavy atom. The van der Waals surface area contributed by atoms with Crippen molar-refractivity contribution in [2.45, 2.75) is 0 Å². The zero-order chi connectivity index (χ0) is 15.5. The van der Waals surface area contributed by atoms with Crippen LogP contribution in [0.15, 0.2) is 53.1 Å². The standard InChI is InChI=1S/C16H13N3O3/c17-14(20)9-18-16(21)11-6-7-13-12(8-11)15(22-19-13)10-4-2-1-3-5-10/h1-8H,9H2,(H2,17,20)(H,18,21). The summed E-state index contributed by atoms with van der Waals surface area (Å²) < 4.78 is 5.38. The van der Waals surface area contributed by atoms with E-state index in [0.717, 1.165) is 10.9 Å². The van der Waals surface area contributed by atoms with E-state index in [-0.39, 0.29) is 12.5 Å². The zero-order valence-electron chi connectivity index (χ0n) is 11.6. The maximum Gasteiger partial charge on any atom is 0.251 e. The van der Waals surface area contributed by atoms with Gasteiger partial charge in [0, 0.05) is 11.1 Å². The summed E-state index contributed by atoms with van der Waals surface area (Å²) in [7, 11) is 0. The lowest BCUT2D eigenvalue weighted by atomic mass is 10.1. The number of nitrogens with zero attached hydrogens (tertiary/aromatic N) is 1. The Labute approximate surface area is 125 Å². The molecule has 3 aromatic rings. The summed E-state index contributed by atoms with van der Waals surface area (Å²) in [5, 5.41) is 7.17. The van der Waals surface area contributed by atoms with Gasteiger partial charge >= 0.3 is 0 Å². The molecular formula is C16H13N3O3. The number of aromatic nitrogens is 1. The molecule has 110 valence electrons. The maximum absolute atomic E-state index is 12.0. The molecule has 3 rings (SSSR count). The van der Waals surface area contributed by atoms with Gasteiger partial charge in [-0.1, -0.05) is 35.5 Å². The summed E-state index contributed by atoms with van der Waals surface area (Å²) in [5.74, 6) is -0.370. The number of carbonyl (C=O) groups excluding carboxylic acids is 2. The number of primary amides is 1. The van der Waals surface area contributed by atoms with Crippen LogP contribution in [-0.2, 0) is 4.79 Å². The number of carbonyl (C=O) groups is 2. The summed E-state index contributed by atoms with van der Waals surface area (Å²) in [6.45, 7) is -0.202. The Morgan fingerprint density at radius 3 is 2.64 bits per heavy atom. The highest BCUT2D eigenvalue weighted by molar-refractivity contribution is 6.01. The van der Waals surface area contributed by atoms with Gasteiger partial charge in [0.25, 0.3) is 5.91 Å². The molecule has 0 saturated heterocycles. The average molecular weight is 295 g/mol. The van der Waals surface area contributed by atoms with Crippen LogP contribution in [0, 0.1) is 0 Å². The highest BCUT2D eigenvalue weighted by Gasteiger charge is 2.14. The fraction of sp³-hybridized carbons (Fsp3) is 0.0625. The number of nitrogens with two attached hydrogens (primary N) is 1. The second-order valence-corrected chi connectivity index (χ2v) is 4.76. The van der Waals surface area contributed by atoms with E-state index in [1.165, 1.54) is 0 Å². The van der Waals surface area contributed by atoms with E-state index in [9.17, 15) is 9.59 Å². The molecule has 6 heteroatoms. The summed E-state index contributed by atoms with van der Waals surface area (Å²) in [4.78, 5) is 22.7. The van der Waals surface area contributed by atoms with Crippen LogP contribution in [-0.4, -0.2) is 23.5 Å². The van der Waals surface area contributed by atoms with Crippen LogP contribution >= 0.6 is 0 Å². The third-order valence-corrected chi connectivity index (χ3v) is 3.20. The van der Waals surface area contributed by atoms with Crippen LogP contribution < -0.4 is 11.1 Å². The van der Waals surface area contributed by atoms with Crippen molar-refractivity contribution in [3.05, 3.63) is 54.1 Å². The Morgan fingerprint density at radius 2 is 1.91 bits per heavy atom. The average Bonchev–Trinajstić information content (AvgIpc) is 2.96. The third kappa shape index (κ3) is 2.67. The topological polar surface area (TPSA) is 98.2 Å². The van der Waals surface area contributed by atoms with Crippen LogP contribution in [0.4, 0.5) is 0 Å². The van der Waals surface area contributed by atoms with Crippen molar-refractivity contribution in [3.63, 3.8) is 0 Å². The van der Waals surface area contributed by atoms with Crippen molar-refractivity contribution in [3.8, 4) is 11.3 Å². The smallest absolute Gasteiger partial charge is 0.251 e. The van der Waals surface area contributed by atoms with E-state index in [2.05, 4.69) is 10.5 Å². The second kappa shape index (κ2) is 5.69. The lowest BCUT2D eigenvalue weighted by molar-refractivity contribution is -0.117. The van der Waals surface area contributed by atoms with Crippen molar-refractivity contribution in [2.75, 3.05) is 6.54 Å². The number of benzene rings is 2. The molecule has 1 aromatic heterocycles. The lowest BCUT2D eigenvalue weighted by Gasteiger charge is -2.03. The van der Waals surface area contributed by atoms with Gasteiger partial charge < -0.3 is 15.6 Å². The molecule has 0 atom stereocenters. The van der Waals surface area contributed by atoms with E-state index in [4.69, 9.17) is 10.3 Å². The maximum atomic E-state index is 12.0. The molecule has 0 aliphatic carbocycles. The monoisotopic (exact) mass is 295 g/mol. The van der Waals surface area contributed by atoms with Crippen molar-refractivity contribution >= 4 is 22.7 Å². The molecule has 0 aliphatic heterocycles. The SMILES string of the molecule is NC(=O)CNC(=O)c1ccc2noc(-c3ccccc3)c2c1. The highest BCUT2D eigenvalue weighted by Crippen LogP contribution is 2.29. The molecule has 0 fully saturated rings. The van der Waals surface area contributed by atoms with E-state index in [1.54, 1.807) is 18.2 Å². The van der Waals surface area contributed by atoms with E-state index >= 15 is 0 Å². The van der Waals surface area contributed by atoms with Crippen LogP contribution in [0.5, 0.6) is 0 Å². The minimum atomic E-state index is -0.593. The quantitative estimate of drug-likeness (QED) is 0.765. The van der Waals surface area contributed by atoms with Gasteiger partial charge in [0.15, 0.2) is 5.76 Å². The first-order valence-corrected chi connectivity index (χ1v) is 6.66. The van der Waals surface area contributed by atoms with Gasteiger partial charge in [-0.2, -0.15) is 0 Å². The Kier molecular flexibility index (Phi) is 3.57. The second-order valence-electron chi connectivity index (χ2n) is 4.76. The van der Waals surface area contributed by atoms with Gasteiger partial charge in [0.2, 0.25) is 5.91 Å². The molecule has 2 amide bonds. The van der Waals surface area contributed by atoms with Crippen molar-refractivity contribution in [2.24, 2.45) is 5.73 Å². The van der Waals surface area contributed by atoms with E-state index in [1.807, 2.05) is 30.3 Å². The Bertz CT molecular complexity index is 840. The minimum Gasteiger partial charge on any atom is -0.368 e. The molecule has 0 spiro atoms. The van der Waals surface area contributed by atoms with Gasteiger partial charge in [-0.05, 0) is 18.2 Å². The molecule has 22 heavy (non-hydrogen) atoms. The summed E-state index contributed by atoms with van der Waals surface area (Å²) in [6, 6.07) is 14.5. The molecule has 3 N–H and O–H groups in total. The predicted octanol–water partition coefficient (Wildman–Crippen LogP) is 1.71. The number of hydrogen-bond acceptors (Lipinski definition) is 4. The summed E-state index contributed by atoms with van der Waals surface area (Å²) in [5.41, 5.74) is 6.96. The van der Waals surface area contributed by atoms with Crippen molar-refractivity contribution in [1.82, 2.24) is 10.5 Å². The molecular weight excluding hydrogens is 282 g/mol. The highest BCUT2D eigenvalue weighted by atomic mass is 16.5. The molecule has 2 aromatic carbocycles. The number of nitrogens with one attached hydrogen (secondary N) is 1. The first kappa shape index (κ1) is 13.8. The fourth-order valence-electron chi connectivity index (χ4n) is 2.15. The van der Waals surface area contributed by atoms with Gasteiger partial charge in [0.1, 0.15) is 5.52 Å². The Balaban J connectivity index is 1.98. The zero-order valence-corrected chi connectivity index (χ0v) is 11.6. The molecule has 6 nitrogen and oxygen atoms in total. The van der Waals surface area contributed by atoms with Crippen molar-refractivity contribution < 1.29 is 14.1 Å². The minimum absolute atomic E-state index is 0.202. The van der Waals surface area contributed by atoms with Gasteiger partial charge in [-0.25, -0.2) is 0 Å². The Hall–Kier alpha value is -3.15. The van der Waals surface area contributed by atoms with Crippen LogP contribution in [0.1, 0.15) is 10.4 Å². The largest absolute Gasteiger partial charge is 0.368 e. The summed E-state index contributed by atoms with van der Waals surface area (Å²) in [6.07, 6.45) is 0. The predicted molar refractivity (Wildman–Crippen MR) is 81.0 cm³/mol. The molecule has 1 heterocycles. The van der Waals surface area contributed by atoms with Crippen LogP contribution in [0.3, 0.4) is 0 Å². The third-order valence-electron chi connectivity index (χ3n) is 3.20. The van der Waals surface area contributed by atoms with Gasteiger partial charge in [0.05, 0.1) is 11.9 Å². The van der Waals surface area contributed by atoms with Gasteiger partial charge in [-0.15, -0.1) is 0 Å².